The van der Waals surface area contributed by atoms with Crippen LogP contribution in [-0.4, -0.2) is 60.8 Å². The minimum atomic E-state index is -0.187. The van der Waals surface area contributed by atoms with Gasteiger partial charge in [0.2, 0.25) is 16.9 Å². The van der Waals surface area contributed by atoms with Gasteiger partial charge in [0.25, 0.3) is 0 Å². The lowest BCUT2D eigenvalue weighted by Crippen LogP contribution is -2.36. The van der Waals surface area contributed by atoms with Crippen LogP contribution in [0.2, 0.25) is 0 Å². The van der Waals surface area contributed by atoms with Crippen LogP contribution in [-0.2, 0) is 14.3 Å². The molecule has 32 heavy (non-hydrogen) atoms. The van der Waals surface area contributed by atoms with Crippen molar-refractivity contribution < 1.29 is 19.1 Å². The molecule has 1 fully saturated rings. The highest BCUT2D eigenvalue weighted by atomic mass is 32.1. The Kier molecular flexibility index (Phi) is 9.43. The van der Waals surface area contributed by atoms with E-state index in [0.29, 0.717) is 42.2 Å². The van der Waals surface area contributed by atoms with Crippen molar-refractivity contribution in [1.82, 2.24) is 15.1 Å². The Morgan fingerprint density at radius 2 is 1.84 bits per heavy atom. The van der Waals surface area contributed by atoms with Crippen LogP contribution in [0.4, 0.5) is 5.13 Å². The quantitative estimate of drug-likeness (QED) is 0.515. The molecule has 0 unspecified atom stereocenters. The molecular formula is C23H32N4O4S. The van der Waals surface area contributed by atoms with E-state index < -0.39 is 0 Å². The summed E-state index contributed by atoms with van der Waals surface area (Å²) < 4.78 is 10.3. The average Bonchev–Trinajstić information content (AvgIpc) is 3.50. The normalized spacial score (nSPS) is 13.8. The van der Waals surface area contributed by atoms with Crippen molar-refractivity contribution in [3.8, 4) is 16.3 Å². The minimum Gasteiger partial charge on any atom is -0.497 e. The number of benzene rings is 1. The smallest absolute Gasteiger partial charge is 0.227 e. The number of nitrogens with one attached hydrogen (secondary N) is 1. The molecule has 1 aromatic carbocycles. The second-order valence-electron chi connectivity index (χ2n) is 8.00. The van der Waals surface area contributed by atoms with Crippen molar-refractivity contribution in [3.05, 3.63) is 24.3 Å². The molecule has 0 aliphatic heterocycles. The molecule has 0 atom stereocenters. The van der Waals surface area contributed by atoms with Gasteiger partial charge in [-0.15, -0.1) is 10.2 Å². The summed E-state index contributed by atoms with van der Waals surface area (Å²) in [6, 6.07) is 7.51. The van der Waals surface area contributed by atoms with Gasteiger partial charge < -0.3 is 19.7 Å². The highest BCUT2D eigenvalue weighted by molar-refractivity contribution is 7.18. The number of ether oxygens (including phenoxy) is 2. The summed E-state index contributed by atoms with van der Waals surface area (Å²) in [4.78, 5) is 26.9. The third-order valence-electron chi connectivity index (χ3n) is 5.78. The standard InChI is InChI=1S/C23H32N4O4S/c1-30-16-15-27(21(29)12-7-17-5-3-4-6-17)14-13-20(28)24-23-26-25-22(32-23)18-8-10-19(31-2)11-9-18/h8-11,17H,3-7,12-16H2,1-2H3,(H,24,26,28). The Morgan fingerprint density at radius 1 is 1.09 bits per heavy atom. The predicted molar refractivity (Wildman–Crippen MR) is 125 cm³/mol. The second kappa shape index (κ2) is 12.5. The third-order valence-corrected chi connectivity index (χ3v) is 6.66. The van der Waals surface area contributed by atoms with Gasteiger partial charge in [0, 0.05) is 38.6 Å². The van der Waals surface area contributed by atoms with Crippen LogP contribution in [0.25, 0.3) is 10.6 Å². The highest BCUT2D eigenvalue weighted by Gasteiger charge is 2.20. The van der Waals surface area contributed by atoms with Gasteiger partial charge >= 0.3 is 0 Å². The zero-order valence-electron chi connectivity index (χ0n) is 18.8. The van der Waals surface area contributed by atoms with Gasteiger partial charge in [-0.25, -0.2) is 0 Å². The molecule has 174 valence electrons. The van der Waals surface area contributed by atoms with Crippen LogP contribution < -0.4 is 10.1 Å². The van der Waals surface area contributed by atoms with E-state index in [4.69, 9.17) is 9.47 Å². The SMILES string of the molecule is COCCN(CCC(=O)Nc1nnc(-c2ccc(OC)cc2)s1)C(=O)CCC1CCCC1. The van der Waals surface area contributed by atoms with E-state index in [-0.39, 0.29) is 18.2 Å². The molecule has 1 heterocycles. The van der Waals surface area contributed by atoms with Crippen LogP contribution in [0, 0.1) is 5.92 Å². The van der Waals surface area contributed by atoms with Crippen molar-refractivity contribution in [2.75, 3.05) is 39.2 Å². The summed E-state index contributed by atoms with van der Waals surface area (Å²) in [5, 5.41) is 12.2. The van der Waals surface area contributed by atoms with E-state index in [1.807, 2.05) is 24.3 Å². The second-order valence-corrected chi connectivity index (χ2v) is 8.98. The fourth-order valence-corrected chi connectivity index (χ4v) is 4.65. The van der Waals surface area contributed by atoms with E-state index in [2.05, 4.69) is 15.5 Å². The maximum Gasteiger partial charge on any atom is 0.227 e. The first kappa shape index (κ1) is 24.1. The topological polar surface area (TPSA) is 93.7 Å². The number of methoxy groups -OCH3 is 2. The molecule has 2 aromatic rings. The van der Waals surface area contributed by atoms with Crippen molar-refractivity contribution in [1.29, 1.82) is 0 Å². The number of anilines is 1. The number of carbonyl (C=O) groups excluding carboxylic acids is 2. The number of aromatic nitrogens is 2. The molecule has 1 aromatic heterocycles. The van der Waals surface area contributed by atoms with Crippen molar-refractivity contribution in [2.45, 2.75) is 44.9 Å². The lowest BCUT2D eigenvalue weighted by Gasteiger charge is -2.23. The molecule has 0 radical (unpaired) electrons. The summed E-state index contributed by atoms with van der Waals surface area (Å²) in [6.45, 7) is 1.31. The zero-order chi connectivity index (χ0) is 22.8. The van der Waals surface area contributed by atoms with Crippen LogP contribution >= 0.6 is 11.3 Å². The summed E-state index contributed by atoms with van der Waals surface area (Å²) in [5.74, 6) is 1.35. The van der Waals surface area contributed by atoms with E-state index in [9.17, 15) is 9.59 Å². The summed E-state index contributed by atoms with van der Waals surface area (Å²) in [5.41, 5.74) is 0.905. The van der Waals surface area contributed by atoms with Crippen LogP contribution in [0.3, 0.4) is 0 Å². The first-order valence-corrected chi connectivity index (χ1v) is 11.9. The first-order valence-electron chi connectivity index (χ1n) is 11.1. The molecular weight excluding hydrogens is 428 g/mol. The van der Waals surface area contributed by atoms with E-state index in [1.165, 1.54) is 37.0 Å². The molecule has 0 bridgehead atoms. The Morgan fingerprint density at radius 3 is 2.53 bits per heavy atom. The lowest BCUT2D eigenvalue weighted by molar-refractivity contribution is -0.132. The number of hydrogen-bond donors (Lipinski definition) is 1. The zero-order valence-corrected chi connectivity index (χ0v) is 19.7. The van der Waals surface area contributed by atoms with Crippen molar-refractivity contribution >= 4 is 28.3 Å². The number of nitrogens with zero attached hydrogens (tertiary/aromatic N) is 3. The Labute approximate surface area is 193 Å². The molecule has 8 nitrogen and oxygen atoms in total. The number of hydrogen-bond acceptors (Lipinski definition) is 7. The van der Waals surface area contributed by atoms with Gasteiger partial charge in [-0.05, 0) is 36.6 Å². The van der Waals surface area contributed by atoms with Crippen LogP contribution in [0.15, 0.2) is 24.3 Å². The molecule has 1 aliphatic carbocycles. The predicted octanol–water partition coefficient (Wildman–Crippen LogP) is 3.99. The van der Waals surface area contributed by atoms with Gasteiger partial charge in [0.1, 0.15) is 10.8 Å². The maximum absolute atomic E-state index is 12.7. The number of carbonyl (C=O) groups is 2. The molecule has 9 heteroatoms. The summed E-state index contributed by atoms with van der Waals surface area (Å²) in [7, 11) is 3.23. The van der Waals surface area contributed by atoms with Gasteiger partial charge in [-0.1, -0.05) is 37.0 Å². The van der Waals surface area contributed by atoms with Crippen LogP contribution in [0.5, 0.6) is 5.75 Å². The lowest BCUT2D eigenvalue weighted by atomic mass is 10.0. The summed E-state index contributed by atoms with van der Waals surface area (Å²) in [6.07, 6.45) is 6.69. The van der Waals surface area contributed by atoms with Crippen molar-refractivity contribution in [2.24, 2.45) is 5.92 Å². The summed E-state index contributed by atoms with van der Waals surface area (Å²) >= 11 is 1.31. The monoisotopic (exact) mass is 460 g/mol. The van der Waals surface area contributed by atoms with Gasteiger partial charge in [-0.3, -0.25) is 9.59 Å². The van der Waals surface area contributed by atoms with E-state index >= 15 is 0 Å². The third kappa shape index (κ3) is 7.27. The fourth-order valence-electron chi connectivity index (χ4n) is 3.89. The fraction of sp³-hybridized carbons (Fsp3) is 0.565. The molecule has 0 spiro atoms. The van der Waals surface area contributed by atoms with Gasteiger partial charge in [0.05, 0.1) is 13.7 Å². The molecule has 1 aliphatic rings. The highest BCUT2D eigenvalue weighted by Crippen LogP contribution is 2.29. The number of amides is 2. The maximum atomic E-state index is 12.7. The minimum absolute atomic E-state index is 0.0967. The van der Waals surface area contributed by atoms with E-state index in [0.717, 1.165) is 17.7 Å². The Bertz CT molecular complexity index is 865. The first-order chi connectivity index (χ1) is 15.6. The molecule has 2 amide bonds. The van der Waals surface area contributed by atoms with Crippen molar-refractivity contribution in [3.63, 3.8) is 0 Å². The average molecular weight is 461 g/mol. The Hall–Kier alpha value is -2.52. The van der Waals surface area contributed by atoms with E-state index in [1.54, 1.807) is 19.1 Å². The van der Waals surface area contributed by atoms with Gasteiger partial charge in [-0.2, -0.15) is 0 Å². The van der Waals surface area contributed by atoms with Crippen LogP contribution in [0.1, 0.15) is 44.9 Å². The molecule has 0 saturated heterocycles. The number of rotatable bonds is 12. The largest absolute Gasteiger partial charge is 0.497 e. The van der Waals surface area contributed by atoms with Gasteiger partial charge in [0.15, 0.2) is 0 Å². The molecule has 1 saturated carbocycles. The molecule has 3 rings (SSSR count). The Balaban J connectivity index is 1.48. The molecule has 1 N–H and O–H groups in total.